The minimum absolute atomic E-state index is 0.0471. The first-order chi connectivity index (χ1) is 22.4. The number of para-hydroxylation sites is 1. The minimum atomic E-state index is -0.944. The third-order valence-electron chi connectivity index (χ3n) is 8.62. The van der Waals surface area contributed by atoms with Gasteiger partial charge in [-0.25, -0.2) is 9.59 Å². The molecule has 1 fully saturated rings. The first-order valence-corrected chi connectivity index (χ1v) is 16.3. The molecule has 0 aliphatic heterocycles. The lowest BCUT2D eigenvalue weighted by molar-refractivity contribution is -0.143. The van der Waals surface area contributed by atoms with Gasteiger partial charge in [0.25, 0.3) is 0 Å². The largest absolute Gasteiger partial charge is 0.496 e. The van der Waals surface area contributed by atoms with Crippen LogP contribution in [0.2, 0.25) is 0 Å². The monoisotopic (exact) mass is 632 g/mol. The molecule has 0 spiro atoms. The quantitative estimate of drug-likeness (QED) is 0.208. The van der Waals surface area contributed by atoms with E-state index in [9.17, 15) is 14.4 Å². The first-order valence-electron chi connectivity index (χ1n) is 16.3. The zero-order chi connectivity index (χ0) is 32.9. The maximum Gasteiger partial charge on any atom is 0.343 e. The summed E-state index contributed by atoms with van der Waals surface area (Å²) < 4.78 is 17.7. The molecule has 4 rings (SSSR count). The van der Waals surface area contributed by atoms with Crippen LogP contribution < -0.4 is 14.8 Å². The smallest absolute Gasteiger partial charge is 0.343 e. The number of hydrogen-bond donors (Lipinski definition) is 1. The Morgan fingerprint density at radius 1 is 0.935 bits per heavy atom. The summed E-state index contributed by atoms with van der Waals surface area (Å²) in [6.07, 6.45) is 7.50. The molecule has 0 radical (unpaired) electrons. The molecule has 0 saturated heterocycles. The number of nitrogens with zero attached hydrogens (tertiary/aromatic N) is 3. The van der Waals surface area contributed by atoms with E-state index in [4.69, 9.17) is 14.2 Å². The fourth-order valence-electron chi connectivity index (χ4n) is 6.08. The van der Waals surface area contributed by atoms with Crippen LogP contribution in [0.4, 0.5) is 4.79 Å². The molecule has 248 valence electrons. The molecule has 1 saturated carbocycles. The van der Waals surface area contributed by atoms with Crippen LogP contribution in [0.5, 0.6) is 11.5 Å². The Kier molecular flexibility index (Phi) is 13.1. The van der Waals surface area contributed by atoms with Crippen LogP contribution in [-0.2, 0) is 14.3 Å². The fraction of sp³-hybridized carbons (Fsp3) is 0.472. The highest BCUT2D eigenvalue weighted by Crippen LogP contribution is 2.32. The van der Waals surface area contributed by atoms with Crippen LogP contribution in [0.1, 0.15) is 64.0 Å². The van der Waals surface area contributed by atoms with Gasteiger partial charge < -0.3 is 29.3 Å². The van der Waals surface area contributed by atoms with Crippen LogP contribution in [0, 0.1) is 0 Å². The topological polar surface area (TPSA) is 102 Å². The highest BCUT2D eigenvalue weighted by atomic mass is 16.6. The van der Waals surface area contributed by atoms with Gasteiger partial charge in [-0.1, -0.05) is 57.4 Å². The van der Waals surface area contributed by atoms with E-state index < -0.39 is 12.0 Å². The number of hydrogen-bond acceptors (Lipinski definition) is 7. The molecule has 1 aliphatic carbocycles. The second-order valence-electron chi connectivity index (χ2n) is 11.5. The number of nitrogens with one attached hydrogen (secondary N) is 1. The van der Waals surface area contributed by atoms with Gasteiger partial charge in [-0.2, -0.15) is 0 Å². The van der Waals surface area contributed by atoms with Crippen molar-refractivity contribution in [2.24, 2.45) is 0 Å². The zero-order valence-electron chi connectivity index (χ0n) is 27.6. The first kappa shape index (κ1) is 34.6. The molecule has 1 heterocycles. The third-order valence-corrected chi connectivity index (χ3v) is 8.62. The molecule has 2 amide bonds. The average molecular weight is 633 g/mol. The van der Waals surface area contributed by atoms with Crippen molar-refractivity contribution < 1.29 is 28.6 Å². The van der Waals surface area contributed by atoms with Gasteiger partial charge in [0.05, 0.1) is 19.9 Å². The standard InChI is InChI=1S/C36H48N4O6/c1-5-38(6-2)22-14-24-40(36(43)39-23-13-20-31(39)30-19-10-11-21-32(30)44-3)34(35(42)37-28-16-8-7-9-17-28)27-15-12-18-29(25-27)46-26-33(41)45-4/h10-13,15,18-21,23,25,28,34H,5-9,14,16-17,22,24,26H2,1-4H3,(H,37,42). The molecule has 2 aromatic carbocycles. The highest BCUT2D eigenvalue weighted by molar-refractivity contribution is 5.91. The van der Waals surface area contributed by atoms with Gasteiger partial charge in [0.1, 0.15) is 17.5 Å². The Balaban J connectivity index is 1.77. The Bertz CT molecular complexity index is 1430. The Morgan fingerprint density at radius 2 is 1.70 bits per heavy atom. The lowest BCUT2D eigenvalue weighted by atomic mass is 9.94. The minimum Gasteiger partial charge on any atom is -0.496 e. The molecule has 3 aromatic rings. The number of rotatable bonds is 15. The van der Waals surface area contributed by atoms with Gasteiger partial charge >= 0.3 is 12.0 Å². The predicted octanol–water partition coefficient (Wildman–Crippen LogP) is 5.91. The lowest BCUT2D eigenvalue weighted by Crippen LogP contribution is -2.48. The Morgan fingerprint density at radius 3 is 2.41 bits per heavy atom. The van der Waals surface area contributed by atoms with E-state index in [-0.39, 0.29) is 24.6 Å². The molecule has 10 heteroatoms. The van der Waals surface area contributed by atoms with E-state index in [1.165, 1.54) is 7.11 Å². The van der Waals surface area contributed by atoms with Crippen molar-refractivity contribution in [3.63, 3.8) is 0 Å². The summed E-state index contributed by atoms with van der Waals surface area (Å²) in [5.74, 6) is 0.302. The predicted molar refractivity (Wildman–Crippen MR) is 178 cm³/mol. The van der Waals surface area contributed by atoms with E-state index in [0.717, 1.165) is 57.3 Å². The van der Waals surface area contributed by atoms with Crippen LogP contribution in [0.25, 0.3) is 11.3 Å². The summed E-state index contributed by atoms with van der Waals surface area (Å²) in [5, 5.41) is 3.28. The van der Waals surface area contributed by atoms with Gasteiger partial charge in [0.2, 0.25) is 5.91 Å². The molecule has 10 nitrogen and oxygen atoms in total. The van der Waals surface area contributed by atoms with Gasteiger partial charge in [-0.15, -0.1) is 0 Å². The third kappa shape index (κ3) is 8.90. The van der Waals surface area contributed by atoms with Gasteiger partial charge in [0.15, 0.2) is 6.61 Å². The molecular weight excluding hydrogens is 584 g/mol. The van der Waals surface area contributed by atoms with Crippen LogP contribution >= 0.6 is 0 Å². The summed E-state index contributed by atoms with van der Waals surface area (Å²) in [6, 6.07) is 17.1. The molecule has 1 unspecified atom stereocenters. The van der Waals surface area contributed by atoms with Crippen molar-refractivity contribution in [1.29, 1.82) is 0 Å². The fourth-order valence-corrected chi connectivity index (χ4v) is 6.08. The van der Waals surface area contributed by atoms with E-state index >= 15 is 0 Å². The van der Waals surface area contributed by atoms with Gasteiger partial charge in [-0.05, 0) is 80.9 Å². The molecule has 1 N–H and O–H groups in total. The second-order valence-corrected chi connectivity index (χ2v) is 11.5. The average Bonchev–Trinajstić information content (AvgIpc) is 3.58. The second kappa shape index (κ2) is 17.4. The number of ether oxygens (including phenoxy) is 3. The number of amides is 2. The van der Waals surface area contributed by atoms with E-state index in [1.54, 1.807) is 41.0 Å². The molecule has 0 bridgehead atoms. The van der Waals surface area contributed by atoms with E-state index in [0.29, 0.717) is 35.7 Å². The van der Waals surface area contributed by atoms with Crippen molar-refractivity contribution in [2.45, 2.75) is 64.5 Å². The molecule has 1 aliphatic rings. The SMILES string of the molecule is CCN(CC)CCCN(C(=O)n1cccc1-c1ccccc1OC)C(C(=O)NC1CCCCC1)c1cccc(OCC(=O)OC)c1. The number of methoxy groups -OCH3 is 2. The normalized spacial score (nSPS) is 14.0. The summed E-state index contributed by atoms with van der Waals surface area (Å²) >= 11 is 0. The number of carbonyl (C=O) groups excluding carboxylic acids is 3. The van der Waals surface area contributed by atoms with Crippen LogP contribution in [0.3, 0.4) is 0 Å². The maximum absolute atomic E-state index is 14.7. The molecule has 1 atom stereocenters. The summed E-state index contributed by atoms with van der Waals surface area (Å²) in [5.41, 5.74) is 2.03. The lowest BCUT2D eigenvalue weighted by Gasteiger charge is -2.34. The number of aromatic nitrogens is 1. The van der Waals surface area contributed by atoms with E-state index in [2.05, 4.69) is 24.1 Å². The highest BCUT2D eigenvalue weighted by Gasteiger charge is 2.34. The van der Waals surface area contributed by atoms with Crippen molar-refractivity contribution in [3.05, 3.63) is 72.4 Å². The van der Waals surface area contributed by atoms with Crippen LogP contribution in [0.15, 0.2) is 66.9 Å². The Hall–Kier alpha value is -4.31. The number of esters is 1. The van der Waals surface area contributed by atoms with E-state index in [1.807, 2.05) is 42.5 Å². The van der Waals surface area contributed by atoms with Crippen LogP contribution in [-0.4, -0.2) is 85.3 Å². The summed E-state index contributed by atoms with van der Waals surface area (Å²) in [4.78, 5) is 44.9. The van der Waals surface area contributed by atoms with Crippen molar-refractivity contribution in [2.75, 3.05) is 47.0 Å². The van der Waals surface area contributed by atoms with Crippen molar-refractivity contribution in [1.82, 2.24) is 19.7 Å². The molecule has 46 heavy (non-hydrogen) atoms. The Labute approximate surface area is 272 Å². The van der Waals surface area contributed by atoms with Crippen molar-refractivity contribution >= 4 is 17.9 Å². The van der Waals surface area contributed by atoms with Gasteiger partial charge in [-0.3, -0.25) is 9.36 Å². The van der Waals surface area contributed by atoms with Gasteiger partial charge in [0, 0.05) is 24.3 Å². The molecule has 1 aromatic heterocycles. The number of benzene rings is 2. The number of carbonyl (C=O) groups is 3. The summed E-state index contributed by atoms with van der Waals surface area (Å²) in [7, 11) is 2.91. The molecular formula is C36H48N4O6. The summed E-state index contributed by atoms with van der Waals surface area (Å²) in [6.45, 7) is 6.88. The van der Waals surface area contributed by atoms with Crippen molar-refractivity contribution in [3.8, 4) is 22.8 Å². The maximum atomic E-state index is 14.7. The zero-order valence-corrected chi connectivity index (χ0v) is 27.6.